The minimum absolute atomic E-state index is 0.138. The lowest BCUT2D eigenvalue weighted by atomic mass is 10.1. The number of carbonyl (C=O) groups excluding carboxylic acids is 3. The van der Waals surface area contributed by atoms with Gasteiger partial charge in [0.25, 0.3) is 0 Å². The van der Waals surface area contributed by atoms with E-state index in [0.717, 1.165) is 17.7 Å². The number of amides is 4. The van der Waals surface area contributed by atoms with Gasteiger partial charge in [-0.05, 0) is 13.3 Å². The van der Waals surface area contributed by atoms with Crippen molar-refractivity contribution in [2.24, 2.45) is 0 Å². The molecule has 1 saturated heterocycles. The molecule has 0 saturated carbocycles. The first-order valence-corrected chi connectivity index (χ1v) is 4.72. The van der Waals surface area contributed by atoms with Crippen molar-refractivity contribution in [3.05, 3.63) is 0 Å². The molecule has 4 amide bonds. The number of imide groups is 2. The summed E-state index contributed by atoms with van der Waals surface area (Å²) >= 11 is 0. The van der Waals surface area contributed by atoms with Gasteiger partial charge < -0.3 is 0 Å². The van der Waals surface area contributed by atoms with Gasteiger partial charge in [0.1, 0.15) is 6.42 Å². The highest BCUT2D eigenvalue weighted by molar-refractivity contribution is 6.14. The van der Waals surface area contributed by atoms with E-state index in [-0.39, 0.29) is 12.5 Å². The van der Waals surface area contributed by atoms with Crippen LogP contribution in [-0.4, -0.2) is 28.8 Å². The molecular formula is C9H14N2O3. The molecule has 0 aromatic rings. The van der Waals surface area contributed by atoms with Crippen LogP contribution in [0.25, 0.3) is 0 Å². The summed E-state index contributed by atoms with van der Waals surface area (Å²) < 4.78 is 0. The third kappa shape index (κ3) is 2.10. The van der Waals surface area contributed by atoms with Crippen LogP contribution in [0.15, 0.2) is 0 Å². The second-order valence-electron chi connectivity index (χ2n) is 3.43. The third-order valence-electron chi connectivity index (χ3n) is 2.19. The van der Waals surface area contributed by atoms with Gasteiger partial charge in [-0.1, -0.05) is 13.3 Å². The van der Waals surface area contributed by atoms with Crippen molar-refractivity contribution in [3.63, 3.8) is 0 Å². The van der Waals surface area contributed by atoms with E-state index in [4.69, 9.17) is 0 Å². The highest BCUT2D eigenvalue weighted by Gasteiger charge is 2.33. The van der Waals surface area contributed by atoms with E-state index in [1.54, 1.807) is 6.92 Å². The SMILES string of the molecule is CCCC(C)N1C(=O)CC(=O)NC1=O. The number of nitrogens with one attached hydrogen (secondary N) is 1. The molecule has 78 valence electrons. The molecule has 0 bridgehead atoms. The van der Waals surface area contributed by atoms with E-state index in [0.29, 0.717) is 0 Å². The molecule has 5 heteroatoms. The summed E-state index contributed by atoms with van der Waals surface area (Å²) in [4.78, 5) is 34.6. The number of urea groups is 1. The first-order chi connectivity index (χ1) is 6.56. The van der Waals surface area contributed by atoms with E-state index in [2.05, 4.69) is 5.32 Å². The molecule has 1 heterocycles. The Morgan fingerprint density at radius 3 is 2.57 bits per heavy atom. The zero-order chi connectivity index (χ0) is 10.7. The molecule has 1 fully saturated rings. The van der Waals surface area contributed by atoms with Crippen molar-refractivity contribution in [1.82, 2.24) is 10.2 Å². The van der Waals surface area contributed by atoms with E-state index >= 15 is 0 Å². The molecule has 1 aliphatic rings. The summed E-state index contributed by atoms with van der Waals surface area (Å²) in [5.41, 5.74) is 0. The Hall–Kier alpha value is -1.39. The van der Waals surface area contributed by atoms with Gasteiger partial charge in [-0.2, -0.15) is 0 Å². The molecule has 0 aromatic heterocycles. The number of rotatable bonds is 3. The van der Waals surface area contributed by atoms with Gasteiger partial charge in [-0.3, -0.25) is 19.8 Å². The van der Waals surface area contributed by atoms with Crippen LogP contribution in [0.4, 0.5) is 4.79 Å². The maximum atomic E-state index is 11.4. The first-order valence-electron chi connectivity index (χ1n) is 4.72. The van der Waals surface area contributed by atoms with E-state index < -0.39 is 17.8 Å². The largest absolute Gasteiger partial charge is 0.331 e. The van der Waals surface area contributed by atoms with Crippen LogP contribution in [0.1, 0.15) is 33.1 Å². The van der Waals surface area contributed by atoms with E-state index in [9.17, 15) is 14.4 Å². The average molecular weight is 198 g/mol. The lowest BCUT2D eigenvalue weighted by Crippen LogP contribution is -2.55. The summed E-state index contributed by atoms with van der Waals surface area (Å²) in [5.74, 6) is -0.917. The summed E-state index contributed by atoms with van der Waals surface area (Å²) in [6, 6.07) is -0.729. The van der Waals surface area contributed by atoms with Gasteiger partial charge in [0.05, 0.1) is 0 Å². The van der Waals surface area contributed by atoms with Crippen LogP contribution in [0.2, 0.25) is 0 Å². The Labute approximate surface area is 82.4 Å². The maximum absolute atomic E-state index is 11.4. The Bertz CT molecular complexity index is 255. The quantitative estimate of drug-likeness (QED) is 0.677. The second kappa shape index (κ2) is 4.21. The van der Waals surface area contributed by atoms with Crippen molar-refractivity contribution in [1.29, 1.82) is 0 Å². The third-order valence-corrected chi connectivity index (χ3v) is 2.19. The Morgan fingerprint density at radius 1 is 1.43 bits per heavy atom. The standard InChI is InChI=1S/C9H14N2O3/c1-3-4-6(2)11-8(13)5-7(12)10-9(11)14/h6H,3-5H2,1-2H3,(H,10,12,14). The normalized spacial score (nSPS) is 19.6. The summed E-state index contributed by atoms with van der Waals surface area (Å²) in [5, 5.41) is 2.13. The summed E-state index contributed by atoms with van der Waals surface area (Å²) in [6.45, 7) is 3.78. The fraction of sp³-hybridized carbons (Fsp3) is 0.667. The predicted octanol–water partition coefficient (Wildman–Crippen LogP) is 0.643. The Balaban J connectivity index is 2.71. The van der Waals surface area contributed by atoms with Crippen molar-refractivity contribution < 1.29 is 14.4 Å². The number of hydrogen-bond donors (Lipinski definition) is 1. The number of barbiturate groups is 1. The monoisotopic (exact) mass is 198 g/mol. The van der Waals surface area contributed by atoms with E-state index in [1.807, 2.05) is 6.92 Å². The lowest BCUT2D eigenvalue weighted by molar-refractivity contribution is -0.137. The van der Waals surface area contributed by atoms with Crippen LogP contribution >= 0.6 is 0 Å². The predicted molar refractivity (Wildman–Crippen MR) is 49.4 cm³/mol. The molecule has 0 radical (unpaired) electrons. The van der Waals surface area contributed by atoms with Crippen LogP contribution in [0.3, 0.4) is 0 Å². The van der Waals surface area contributed by atoms with Gasteiger partial charge in [0.2, 0.25) is 11.8 Å². The lowest BCUT2D eigenvalue weighted by Gasteiger charge is -2.29. The zero-order valence-corrected chi connectivity index (χ0v) is 8.37. The van der Waals surface area contributed by atoms with Crippen LogP contribution in [-0.2, 0) is 9.59 Å². The molecule has 1 rings (SSSR count). The van der Waals surface area contributed by atoms with Crippen molar-refractivity contribution >= 4 is 17.8 Å². The first kappa shape index (κ1) is 10.7. The molecule has 1 aliphatic heterocycles. The highest BCUT2D eigenvalue weighted by atomic mass is 16.2. The zero-order valence-electron chi connectivity index (χ0n) is 8.37. The fourth-order valence-electron chi connectivity index (χ4n) is 1.55. The maximum Gasteiger partial charge on any atom is 0.331 e. The molecular weight excluding hydrogens is 184 g/mol. The van der Waals surface area contributed by atoms with Gasteiger partial charge in [-0.25, -0.2) is 4.79 Å². The van der Waals surface area contributed by atoms with Gasteiger partial charge in [0, 0.05) is 6.04 Å². The van der Waals surface area contributed by atoms with Crippen LogP contribution in [0, 0.1) is 0 Å². The molecule has 0 spiro atoms. The number of carbonyl (C=O) groups is 3. The van der Waals surface area contributed by atoms with Gasteiger partial charge in [-0.15, -0.1) is 0 Å². The fourth-order valence-corrected chi connectivity index (χ4v) is 1.55. The summed E-state index contributed by atoms with van der Waals surface area (Å²) in [7, 11) is 0. The minimum Gasteiger partial charge on any atom is -0.277 e. The molecule has 0 aromatic carbocycles. The van der Waals surface area contributed by atoms with Gasteiger partial charge >= 0.3 is 6.03 Å². The molecule has 1 unspecified atom stereocenters. The Kier molecular flexibility index (Phi) is 3.22. The smallest absolute Gasteiger partial charge is 0.277 e. The summed E-state index contributed by atoms with van der Waals surface area (Å²) in [6.07, 6.45) is 1.43. The molecule has 0 aliphatic carbocycles. The highest BCUT2D eigenvalue weighted by Crippen LogP contribution is 2.11. The molecule has 5 nitrogen and oxygen atoms in total. The molecule has 1 atom stereocenters. The number of hydrogen-bond acceptors (Lipinski definition) is 3. The second-order valence-corrected chi connectivity index (χ2v) is 3.43. The number of nitrogens with zero attached hydrogens (tertiary/aromatic N) is 1. The topological polar surface area (TPSA) is 66.5 Å². The molecule has 1 N–H and O–H groups in total. The van der Waals surface area contributed by atoms with Crippen LogP contribution in [0.5, 0.6) is 0 Å². The van der Waals surface area contributed by atoms with Crippen molar-refractivity contribution in [2.75, 3.05) is 0 Å². The van der Waals surface area contributed by atoms with Crippen molar-refractivity contribution in [3.8, 4) is 0 Å². The van der Waals surface area contributed by atoms with E-state index in [1.165, 1.54) is 0 Å². The Morgan fingerprint density at radius 2 is 2.07 bits per heavy atom. The minimum atomic E-state index is -0.591. The van der Waals surface area contributed by atoms with Gasteiger partial charge in [0.15, 0.2) is 0 Å². The average Bonchev–Trinajstić information content (AvgIpc) is 2.01. The van der Waals surface area contributed by atoms with Crippen molar-refractivity contribution in [2.45, 2.75) is 39.2 Å². The molecule has 14 heavy (non-hydrogen) atoms. The van der Waals surface area contributed by atoms with Crippen LogP contribution < -0.4 is 5.32 Å².